The van der Waals surface area contributed by atoms with Crippen LogP contribution in [-0.2, 0) is 10.0 Å². The number of rotatable bonds is 6. The fourth-order valence-electron chi connectivity index (χ4n) is 4.28. The lowest BCUT2D eigenvalue weighted by Crippen LogP contribution is -2.43. The molecule has 1 atom stereocenters. The van der Waals surface area contributed by atoms with Crippen molar-refractivity contribution in [1.82, 2.24) is 4.31 Å². The van der Waals surface area contributed by atoms with Crippen LogP contribution in [0.2, 0.25) is 5.02 Å². The highest BCUT2D eigenvalue weighted by molar-refractivity contribution is 7.89. The number of alkyl halides is 5. The van der Waals surface area contributed by atoms with Crippen molar-refractivity contribution in [3.8, 4) is 0 Å². The Morgan fingerprint density at radius 1 is 1.08 bits per heavy atom. The van der Waals surface area contributed by atoms with Gasteiger partial charge < -0.3 is 0 Å². The maximum absolute atomic E-state index is 14.3. The van der Waals surface area contributed by atoms with Gasteiger partial charge in [0.15, 0.2) is 0 Å². The van der Waals surface area contributed by atoms with Crippen LogP contribution in [0.4, 0.5) is 27.6 Å². The highest BCUT2D eigenvalue weighted by Gasteiger charge is 2.62. The Labute approximate surface area is 210 Å². The summed E-state index contributed by atoms with van der Waals surface area (Å²) in [6.45, 7) is 2.07. The molecule has 0 amide bonds. The maximum atomic E-state index is 14.3. The van der Waals surface area contributed by atoms with E-state index < -0.39 is 40.3 Å². The van der Waals surface area contributed by atoms with E-state index >= 15 is 0 Å². The van der Waals surface area contributed by atoms with Gasteiger partial charge in [0.2, 0.25) is 10.0 Å². The first-order valence-corrected chi connectivity index (χ1v) is 13.2. The molecule has 0 radical (unpaired) electrons. The molecule has 2 aliphatic rings. The van der Waals surface area contributed by atoms with Crippen LogP contribution < -0.4 is 5.01 Å². The van der Waals surface area contributed by atoms with E-state index in [1.807, 2.05) is 0 Å². The van der Waals surface area contributed by atoms with Crippen LogP contribution in [0.5, 0.6) is 0 Å². The van der Waals surface area contributed by atoms with Gasteiger partial charge in [-0.2, -0.15) is 31.4 Å². The van der Waals surface area contributed by atoms with Crippen molar-refractivity contribution in [2.75, 3.05) is 23.9 Å². The number of nitrogens with zero attached hydrogens (tertiary/aromatic N) is 3. The van der Waals surface area contributed by atoms with Gasteiger partial charge in [0, 0.05) is 19.5 Å². The van der Waals surface area contributed by atoms with Gasteiger partial charge in [-0.3, -0.25) is 5.01 Å². The highest BCUT2D eigenvalue weighted by atomic mass is 35.5. The normalized spacial score (nSPS) is 19.9. The standard InChI is InChI=1S/C24H23ClF5N3O2S/c1-2-36(34,35)32-12-10-16(11-13-32)17-6-5-7-18(14-17)21-15-22(23(26,27)24(28,29)30)31-33(21)20-9-4-3-8-19(20)25/h3-10,14,21H,2,11-13,15H2,1H3. The fourth-order valence-corrected chi connectivity index (χ4v) is 5.54. The van der Waals surface area contributed by atoms with Crippen LogP contribution in [0.3, 0.4) is 0 Å². The molecule has 0 fully saturated rings. The summed E-state index contributed by atoms with van der Waals surface area (Å²) < 4.78 is 93.6. The summed E-state index contributed by atoms with van der Waals surface area (Å²) in [6.07, 6.45) is -4.21. The van der Waals surface area contributed by atoms with Crippen LogP contribution >= 0.6 is 11.6 Å². The Morgan fingerprint density at radius 3 is 2.42 bits per heavy atom. The van der Waals surface area contributed by atoms with Crippen molar-refractivity contribution in [3.63, 3.8) is 0 Å². The fraction of sp³-hybridized carbons (Fsp3) is 0.375. The quantitative estimate of drug-likeness (QED) is 0.400. The molecule has 0 N–H and O–H groups in total. The van der Waals surface area contributed by atoms with E-state index in [4.69, 9.17) is 11.6 Å². The second-order valence-electron chi connectivity index (χ2n) is 8.50. The largest absolute Gasteiger partial charge is 0.459 e. The summed E-state index contributed by atoms with van der Waals surface area (Å²) in [4.78, 5) is 0. The number of hydrazone groups is 1. The van der Waals surface area contributed by atoms with Crippen molar-refractivity contribution in [2.45, 2.75) is 37.9 Å². The van der Waals surface area contributed by atoms with E-state index in [0.717, 1.165) is 16.1 Å². The van der Waals surface area contributed by atoms with Crippen molar-refractivity contribution < 1.29 is 30.4 Å². The van der Waals surface area contributed by atoms with E-state index in [9.17, 15) is 30.4 Å². The molecule has 4 rings (SSSR count). The Balaban J connectivity index is 1.69. The third-order valence-electron chi connectivity index (χ3n) is 6.30. The average molecular weight is 548 g/mol. The maximum Gasteiger partial charge on any atom is 0.459 e. The van der Waals surface area contributed by atoms with E-state index in [1.54, 1.807) is 49.4 Å². The van der Waals surface area contributed by atoms with Crippen molar-refractivity contribution in [3.05, 3.63) is 70.8 Å². The molecule has 0 bridgehead atoms. The third-order valence-corrected chi connectivity index (χ3v) is 8.47. The zero-order chi connectivity index (χ0) is 26.3. The first-order valence-electron chi connectivity index (χ1n) is 11.2. The predicted molar refractivity (Wildman–Crippen MR) is 130 cm³/mol. The molecule has 5 nitrogen and oxygen atoms in total. The predicted octanol–water partition coefficient (Wildman–Crippen LogP) is 6.28. The molecule has 1 unspecified atom stereocenters. The Bertz CT molecular complexity index is 1310. The number of hydrogen-bond acceptors (Lipinski definition) is 4. The minimum atomic E-state index is -5.79. The summed E-state index contributed by atoms with van der Waals surface area (Å²) in [5.41, 5.74) is 0.996. The first-order chi connectivity index (χ1) is 16.8. The molecule has 2 aliphatic heterocycles. The number of anilines is 1. The Hall–Kier alpha value is -2.50. The number of benzene rings is 2. The van der Waals surface area contributed by atoms with Crippen LogP contribution in [-0.4, -0.2) is 49.4 Å². The number of para-hydroxylation sites is 1. The molecular formula is C24H23ClF5N3O2S. The average Bonchev–Trinajstić information content (AvgIpc) is 3.30. The van der Waals surface area contributed by atoms with E-state index in [-0.39, 0.29) is 23.0 Å². The van der Waals surface area contributed by atoms with E-state index in [2.05, 4.69) is 5.10 Å². The third kappa shape index (κ3) is 5.01. The van der Waals surface area contributed by atoms with Crippen LogP contribution in [0.15, 0.2) is 59.7 Å². The minimum Gasteiger partial charge on any atom is -0.256 e. The summed E-state index contributed by atoms with van der Waals surface area (Å²) in [5, 5.41) is 4.98. The smallest absolute Gasteiger partial charge is 0.256 e. The first kappa shape index (κ1) is 26.6. The second kappa shape index (κ2) is 9.75. The van der Waals surface area contributed by atoms with Gasteiger partial charge in [-0.25, -0.2) is 8.42 Å². The molecule has 0 saturated carbocycles. The van der Waals surface area contributed by atoms with Gasteiger partial charge in [-0.1, -0.05) is 48.0 Å². The zero-order valence-corrected chi connectivity index (χ0v) is 20.7. The zero-order valence-electron chi connectivity index (χ0n) is 19.1. The Morgan fingerprint density at radius 2 is 1.81 bits per heavy atom. The van der Waals surface area contributed by atoms with Gasteiger partial charge in [0.1, 0.15) is 5.71 Å². The van der Waals surface area contributed by atoms with E-state index in [0.29, 0.717) is 18.5 Å². The molecular weight excluding hydrogens is 525 g/mol. The van der Waals surface area contributed by atoms with Gasteiger partial charge in [-0.05, 0) is 48.2 Å². The Kier molecular flexibility index (Phi) is 7.20. The van der Waals surface area contributed by atoms with Crippen LogP contribution in [0.25, 0.3) is 5.57 Å². The number of sulfonamides is 1. The van der Waals surface area contributed by atoms with Crippen molar-refractivity contribution in [2.24, 2.45) is 5.10 Å². The van der Waals surface area contributed by atoms with Gasteiger partial charge in [0.25, 0.3) is 0 Å². The number of hydrogen-bond donors (Lipinski definition) is 0. The summed E-state index contributed by atoms with van der Waals surface area (Å²) in [6, 6.07) is 12.1. The molecule has 0 aliphatic carbocycles. The molecule has 2 aromatic carbocycles. The molecule has 36 heavy (non-hydrogen) atoms. The molecule has 12 heteroatoms. The monoisotopic (exact) mass is 547 g/mol. The van der Waals surface area contributed by atoms with Gasteiger partial charge in [0.05, 0.1) is 22.5 Å². The second-order valence-corrected chi connectivity index (χ2v) is 11.2. The van der Waals surface area contributed by atoms with Crippen LogP contribution in [0, 0.1) is 0 Å². The van der Waals surface area contributed by atoms with Gasteiger partial charge >= 0.3 is 12.1 Å². The molecule has 194 valence electrons. The molecule has 0 saturated heterocycles. The van der Waals surface area contributed by atoms with Crippen LogP contribution in [0.1, 0.15) is 36.9 Å². The van der Waals surface area contributed by atoms with Crippen molar-refractivity contribution >= 4 is 38.6 Å². The lowest BCUT2D eigenvalue weighted by molar-refractivity contribution is -0.249. The SMILES string of the molecule is CCS(=O)(=O)N1CC=C(c2cccc(C3CC(C(F)(F)C(F)(F)F)=NN3c3ccccc3Cl)c2)CC1. The lowest BCUT2D eigenvalue weighted by atomic mass is 9.93. The molecule has 2 heterocycles. The number of halogens is 6. The van der Waals surface area contributed by atoms with Crippen molar-refractivity contribution in [1.29, 1.82) is 0 Å². The molecule has 0 spiro atoms. The molecule has 2 aromatic rings. The van der Waals surface area contributed by atoms with E-state index in [1.165, 1.54) is 16.4 Å². The molecule has 0 aromatic heterocycles. The van der Waals surface area contributed by atoms with Gasteiger partial charge in [-0.15, -0.1) is 0 Å². The lowest BCUT2D eigenvalue weighted by Gasteiger charge is -2.27. The summed E-state index contributed by atoms with van der Waals surface area (Å²) in [5.74, 6) is -5.10. The minimum absolute atomic E-state index is 0.00386. The summed E-state index contributed by atoms with van der Waals surface area (Å²) >= 11 is 6.24. The highest BCUT2D eigenvalue weighted by Crippen LogP contribution is 2.46. The summed E-state index contributed by atoms with van der Waals surface area (Å²) in [7, 11) is -3.33. The topological polar surface area (TPSA) is 53.0 Å².